The number of nitriles is 1. The summed E-state index contributed by atoms with van der Waals surface area (Å²) in [4.78, 5) is 5.52. The van der Waals surface area contributed by atoms with Gasteiger partial charge in [0.15, 0.2) is 0 Å². The van der Waals surface area contributed by atoms with Crippen LogP contribution in [0.2, 0.25) is 0 Å². The van der Waals surface area contributed by atoms with Crippen LogP contribution in [0, 0.1) is 23.0 Å². The first kappa shape index (κ1) is 21.7. The molecule has 1 aliphatic rings. The molecule has 0 spiro atoms. The Labute approximate surface area is 183 Å². The SMILES string of the molecule is N#Cc1nc(/C=C/c2ccc(F)cc2)oc1N1CCN(S(=O)(=O)c2ccccc2F)CC1. The second-order valence-electron chi connectivity index (χ2n) is 7.02. The molecule has 1 saturated heterocycles. The molecule has 1 aromatic heterocycles. The number of rotatable bonds is 5. The molecule has 2 heterocycles. The van der Waals surface area contributed by atoms with Gasteiger partial charge in [0.05, 0.1) is 0 Å². The van der Waals surface area contributed by atoms with E-state index in [0.717, 1.165) is 11.6 Å². The molecule has 0 unspecified atom stereocenters. The van der Waals surface area contributed by atoms with Crippen molar-refractivity contribution in [1.82, 2.24) is 9.29 Å². The number of oxazole rings is 1. The molecule has 0 radical (unpaired) electrons. The zero-order valence-corrected chi connectivity index (χ0v) is 17.6. The van der Waals surface area contributed by atoms with Crippen LogP contribution in [-0.2, 0) is 10.0 Å². The monoisotopic (exact) mass is 456 g/mol. The molecule has 10 heteroatoms. The van der Waals surface area contributed by atoms with Crippen molar-refractivity contribution in [3.8, 4) is 6.07 Å². The molecule has 1 fully saturated rings. The van der Waals surface area contributed by atoms with E-state index in [4.69, 9.17) is 4.42 Å². The maximum Gasteiger partial charge on any atom is 0.246 e. The van der Waals surface area contributed by atoms with Crippen LogP contribution in [-0.4, -0.2) is 43.9 Å². The van der Waals surface area contributed by atoms with Gasteiger partial charge in [-0.25, -0.2) is 17.2 Å². The maximum absolute atomic E-state index is 14.0. The van der Waals surface area contributed by atoms with E-state index in [2.05, 4.69) is 4.98 Å². The Kier molecular flexibility index (Phi) is 6.03. The lowest BCUT2D eigenvalue weighted by atomic mass is 10.2. The number of sulfonamides is 1. The minimum atomic E-state index is -3.97. The van der Waals surface area contributed by atoms with Crippen LogP contribution in [0.3, 0.4) is 0 Å². The van der Waals surface area contributed by atoms with Gasteiger partial charge >= 0.3 is 0 Å². The van der Waals surface area contributed by atoms with Gasteiger partial charge in [0.1, 0.15) is 22.6 Å². The highest BCUT2D eigenvalue weighted by molar-refractivity contribution is 7.89. The third-order valence-corrected chi connectivity index (χ3v) is 6.93. The fraction of sp³-hybridized carbons (Fsp3) is 0.182. The molecule has 164 valence electrons. The molecule has 0 N–H and O–H groups in total. The van der Waals surface area contributed by atoms with E-state index in [-0.39, 0.29) is 54.4 Å². The Bertz CT molecular complexity index is 1290. The van der Waals surface area contributed by atoms with Crippen LogP contribution in [0.4, 0.5) is 14.7 Å². The summed E-state index contributed by atoms with van der Waals surface area (Å²) in [7, 11) is -3.97. The topological polar surface area (TPSA) is 90.4 Å². The van der Waals surface area contributed by atoms with Gasteiger partial charge in [0.25, 0.3) is 0 Å². The van der Waals surface area contributed by atoms with Crippen molar-refractivity contribution in [2.75, 3.05) is 31.1 Å². The molecule has 0 atom stereocenters. The lowest BCUT2D eigenvalue weighted by Crippen LogP contribution is -2.48. The number of hydrogen-bond donors (Lipinski definition) is 0. The van der Waals surface area contributed by atoms with Gasteiger partial charge in [-0.2, -0.15) is 14.6 Å². The Hall–Kier alpha value is -3.55. The minimum absolute atomic E-state index is 0.0779. The normalized spacial score (nSPS) is 15.2. The highest BCUT2D eigenvalue weighted by Gasteiger charge is 2.32. The average molecular weight is 456 g/mol. The van der Waals surface area contributed by atoms with E-state index in [9.17, 15) is 22.5 Å². The summed E-state index contributed by atoms with van der Waals surface area (Å²) >= 11 is 0. The molecule has 0 amide bonds. The van der Waals surface area contributed by atoms with Crippen molar-refractivity contribution in [3.05, 3.63) is 77.3 Å². The van der Waals surface area contributed by atoms with Crippen molar-refractivity contribution in [3.63, 3.8) is 0 Å². The van der Waals surface area contributed by atoms with Gasteiger partial charge in [-0.05, 0) is 35.9 Å². The van der Waals surface area contributed by atoms with Crippen molar-refractivity contribution >= 4 is 28.1 Å². The molecule has 0 bridgehead atoms. The van der Waals surface area contributed by atoms with E-state index in [1.54, 1.807) is 29.2 Å². The van der Waals surface area contributed by atoms with Crippen LogP contribution in [0.1, 0.15) is 17.1 Å². The number of halogens is 2. The highest BCUT2D eigenvalue weighted by Crippen LogP contribution is 2.26. The summed E-state index contributed by atoms with van der Waals surface area (Å²) in [5, 5.41) is 9.43. The molecule has 3 aromatic rings. The van der Waals surface area contributed by atoms with Crippen molar-refractivity contribution in [2.45, 2.75) is 4.90 Å². The van der Waals surface area contributed by atoms with Crippen LogP contribution >= 0.6 is 0 Å². The van der Waals surface area contributed by atoms with E-state index < -0.39 is 15.8 Å². The van der Waals surface area contributed by atoms with Crippen molar-refractivity contribution in [2.24, 2.45) is 0 Å². The van der Waals surface area contributed by atoms with E-state index in [1.165, 1.54) is 34.6 Å². The van der Waals surface area contributed by atoms with Crippen LogP contribution < -0.4 is 4.90 Å². The summed E-state index contributed by atoms with van der Waals surface area (Å²) < 4.78 is 59.5. The Morgan fingerprint density at radius 2 is 1.69 bits per heavy atom. The largest absolute Gasteiger partial charge is 0.420 e. The average Bonchev–Trinajstić information content (AvgIpc) is 3.22. The Balaban J connectivity index is 1.48. The summed E-state index contributed by atoms with van der Waals surface area (Å²) in [6.45, 7) is 0.698. The molecular formula is C22H18F2N4O3S. The third kappa shape index (κ3) is 4.39. The second kappa shape index (κ2) is 8.90. The van der Waals surface area contributed by atoms with Gasteiger partial charge in [-0.3, -0.25) is 0 Å². The molecule has 0 aliphatic carbocycles. The van der Waals surface area contributed by atoms with E-state index in [1.807, 2.05) is 6.07 Å². The zero-order valence-electron chi connectivity index (χ0n) is 16.8. The number of nitrogens with zero attached hydrogens (tertiary/aromatic N) is 4. The molecular weight excluding hydrogens is 438 g/mol. The first-order valence-electron chi connectivity index (χ1n) is 9.72. The van der Waals surface area contributed by atoms with Gasteiger partial charge < -0.3 is 9.32 Å². The fourth-order valence-electron chi connectivity index (χ4n) is 3.35. The van der Waals surface area contributed by atoms with Gasteiger partial charge in [0, 0.05) is 32.3 Å². The Morgan fingerprint density at radius 1 is 1.00 bits per heavy atom. The first-order chi connectivity index (χ1) is 15.4. The molecule has 4 rings (SSSR count). The lowest BCUT2D eigenvalue weighted by molar-refractivity contribution is 0.371. The first-order valence-corrected chi connectivity index (χ1v) is 11.2. The quantitative estimate of drug-likeness (QED) is 0.584. The summed E-state index contributed by atoms with van der Waals surface area (Å²) in [5.74, 6) is -0.700. The van der Waals surface area contributed by atoms with Crippen LogP contribution in [0.15, 0.2) is 57.8 Å². The molecule has 7 nitrogen and oxygen atoms in total. The molecule has 32 heavy (non-hydrogen) atoms. The maximum atomic E-state index is 14.0. The van der Waals surface area contributed by atoms with Gasteiger partial charge in [-0.1, -0.05) is 24.3 Å². The van der Waals surface area contributed by atoms with Crippen LogP contribution in [0.25, 0.3) is 12.2 Å². The second-order valence-corrected chi connectivity index (χ2v) is 8.93. The fourth-order valence-corrected chi connectivity index (χ4v) is 4.84. The van der Waals surface area contributed by atoms with Crippen molar-refractivity contribution < 1.29 is 21.6 Å². The smallest absolute Gasteiger partial charge is 0.246 e. The van der Waals surface area contributed by atoms with E-state index >= 15 is 0 Å². The molecule has 0 saturated carbocycles. The standard InChI is InChI=1S/C22H18F2N4O3S/c23-17-8-5-16(6-9-17)7-10-21-26-19(15-25)22(31-21)27-11-13-28(14-12-27)32(29,30)20-4-2-1-3-18(20)24/h1-10H,11-14H2/b10-7+. The number of anilines is 1. The molecule has 1 aliphatic heterocycles. The summed E-state index contributed by atoms with van der Waals surface area (Å²) in [6.07, 6.45) is 3.24. The zero-order chi connectivity index (χ0) is 22.7. The number of benzene rings is 2. The predicted molar refractivity (Wildman–Crippen MR) is 114 cm³/mol. The number of piperazine rings is 1. The van der Waals surface area contributed by atoms with Crippen molar-refractivity contribution in [1.29, 1.82) is 5.26 Å². The van der Waals surface area contributed by atoms with Gasteiger partial charge in [-0.15, -0.1) is 0 Å². The molecule has 2 aromatic carbocycles. The summed E-state index contributed by atoms with van der Waals surface area (Å²) in [5.41, 5.74) is 0.811. The lowest BCUT2D eigenvalue weighted by Gasteiger charge is -2.33. The predicted octanol–water partition coefficient (Wildman–Crippen LogP) is 3.51. The minimum Gasteiger partial charge on any atom is -0.420 e. The number of aromatic nitrogens is 1. The van der Waals surface area contributed by atoms with Gasteiger partial charge in [0.2, 0.25) is 27.5 Å². The van der Waals surface area contributed by atoms with E-state index in [0.29, 0.717) is 0 Å². The summed E-state index contributed by atoms with van der Waals surface area (Å²) in [6, 6.07) is 13.1. The third-order valence-electron chi connectivity index (χ3n) is 5.00. The highest BCUT2D eigenvalue weighted by atomic mass is 32.2. The van der Waals surface area contributed by atoms with Crippen LogP contribution in [0.5, 0.6) is 0 Å². The Morgan fingerprint density at radius 3 is 2.34 bits per heavy atom. The number of hydrogen-bond acceptors (Lipinski definition) is 6.